The van der Waals surface area contributed by atoms with E-state index >= 15 is 4.39 Å². The molecule has 7 atom stereocenters. The number of imide groups is 3. The number of aryl methyl sites for hydroxylation is 3. The minimum Gasteiger partial charge on any atom is -0.480 e. The number of esters is 1. The minimum atomic E-state index is -4.64. The van der Waals surface area contributed by atoms with Crippen molar-refractivity contribution in [2.45, 2.75) is 180 Å². The van der Waals surface area contributed by atoms with Gasteiger partial charge in [-0.2, -0.15) is 13.2 Å². The molecule has 0 saturated carbocycles. The average Bonchev–Trinajstić information content (AvgIpc) is 1.58. The van der Waals surface area contributed by atoms with Crippen molar-refractivity contribution >= 4 is 95.3 Å². The molecule has 116 heavy (non-hydrogen) atoms. The molecular weight excluding hydrogens is 1560 g/mol. The third kappa shape index (κ3) is 20.2. The summed E-state index contributed by atoms with van der Waals surface area (Å²) in [5, 5.41) is 26.5. The first-order valence-electron chi connectivity index (χ1n) is 36.0. The summed E-state index contributed by atoms with van der Waals surface area (Å²) in [4.78, 5) is 159. The number of nitrogens with zero attached hydrogens (tertiary/aromatic N) is 4. The van der Waals surface area contributed by atoms with E-state index in [-0.39, 0.29) is 99.2 Å². The summed E-state index contributed by atoms with van der Waals surface area (Å²) in [6.07, 6.45) is -5.04. The predicted octanol–water partition coefficient (Wildman–Crippen LogP) is 12.4. The van der Waals surface area contributed by atoms with Gasteiger partial charge in [-0.15, -0.1) is 0 Å². The number of aliphatic carboxylic acids is 1. The van der Waals surface area contributed by atoms with Crippen LogP contribution >= 0.6 is 0 Å². The lowest BCUT2D eigenvalue weighted by Crippen LogP contribution is -2.46. The molecule has 5 heterocycles. The number of nitrogens with one attached hydrogen (secondary N) is 7. The van der Waals surface area contributed by atoms with Crippen LogP contribution in [0.2, 0.25) is 0 Å². The summed E-state index contributed by atoms with van der Waals surface area (Å²) in [7, 11) is 4.23. The topological polar surface area (TPSA) is 376 Å². The standard InChI is InChI=1S/C26H25F3N4O5.C19H22FN3O6.C15H14FN3O6.C11H13F2N.C2HF3O.C2H6.2CH4/c1-13-3-6-20(14-4-5-17(27)18(28)10-14)33(13)21(34)12-32-23(35)26(38-25(32)37)8-7-15-9-16(31-24(36)30-2)11-19(29)22(15)26;1-18(2,3)28-13(24)9-23-15(25)19(29-17(23)27)6-5-10-7-11(22-16(26)21-4)8-12(20)14(10)19;1-17-13(23)18-8-4-7-2-3-15(11(7)9(16)5-8)12(22)19(6-10(20)21)14(24)25-15;1-7-2-5-11(14-7)8-3-4-9(12)10(13)6-8;3-2(4,5)1-6;1-2;;/h4-5,9-11,13,20H,3,6-8,12H2,1-2H3,(H2,30,31,36);7-8H,5-6,9H2,1-4H3,(H2,21,22,26);4-5H,2-3,6H2,1H3,(H,20,21)(H2,17,18,23);3-4,6-7,11,14H,2,5H2,1H3;1H;1-2H3;2*1H4/t13-,20-,26-;19-;15-;7-,11-;;;;/m0000..../s1/i;;;;;1D;;. The van der Waals surface area contributed by atoms with Crippen LogP contribution in [-0.2, 0) is 88.6 Å². The van der Waals surface area contributed by atoms with Crippen LogP contribution in [0.15, 0.2) is 72.8 Å². The molecule has 13 rings (SSSR count). The van der Waals surface area contributed by atoms with Gasteiger partial charge in [-0.3, -0.25) is 33.6 Å². The Labute approximate surface area is 660 Å². The molecule has 8 N–H and O–H groups in total. The van der Waals surface area contributed by atoms with Gasteiger partial charge >= 0.3 is 54.5 Å². The van der Waals surface area contributed by atoms with Gasteiger partial charge in [0.1, 0.15) is 42.7 Å². The maximum Gasteiger partial charge on any atom is 0.446 e. The van der Waals surface area contributed by atoms with Gasteiger partial charge in [0.2, 0.25) is 29.0 Å². The number of aldehydes is 1. The zero-order chi connectivity index (χ0) is 85.3. The number of benzene rings is 5. The molecule has 630 valence electrons. The van der Waals surface area contributed by atoms with Crippen LogP contribution < -0.4 is 37.2 Å². The zero-order valence-electron chi connectivity index (χ0n) is 63.7. The third-order valence-corrected chi connectivity index (χ3v) is 19.1. The van der Waals surface area contributed by atoms with Crippen molar-refractivity contribution in [3.63, 3.8) is 0 Å². The molecule has 29 nitrogen and oxygen atoms in total. The number of hydrogen-bond donors (Lipinski definition) is 8. The SMILES string of the molecule is C.C.CNC(=O)Nc1cc(F)c2c(c1)CC[C@]21OC(=O)N(CC(=O)N2[C@@H](C)CC[C@H]2c2ccc(F)c(F)c2)C1=O.CNC(=O)Nc1cc(F)c2c(c1)CC[C@]21OC(=O)N(CC(=O)O)C1=O.CNC(=O)Nc1cc(F)c2c(c1)CC[C@]21OC(=O)N(CC(=O)OC(C)(C)C)C1=O.C[C@H]1CC[C@@H](c2ccc(F)c(F)c2)N1.O=CC(F)(F)F.[2H]CC. The van der Waals surface area contributed by atoms with Crippen LogP contribution in [-0.4, -0.2) is 168 Å². The van der Waals surface area contributed by atoms with E-state index in [9.17, 15) is 97.0 Å². The molecule has 13 amide bonds. The number of carboxylic acid groups (broad SMARTS) is 1. The fourth-order valence-electron chi connectivity index (χ4n) is 14.3. The number of hydrogen-bond acceptors (Lipinski definition) is 18. The number of ether oxygens (including phenoxy) is 4. The first kappa shape index (κ1) is 91.3. The smallest absolute Gasteiger partial charge is 0.446 e. The van der Waals surface area contributed by atoms with Crippen molar-refractivity contribution in [3.8, 4) is 0 Å². The van der Waals surface area contributed by atoms with Gasteiger partial charge in [0.25, 0.3) is 17.7 Å². The Hall–Kier alpha value is -11.9. The Balaban J connectivity index is 0.000000241. The Kier molecular flexibility index (Phi) is 29.6. The largest absolute Gasteiger partial charge is 0.480 e. The molecule has 39 heteroatoms. The Bertz CT molecular complexity index is 4690. The van der Waals surface area contributed by atoms with Gasteiger partial charge in [-0.25, -0.2) is 74.2 Å². The van der Waals surface area contributed by atoms with Gasteiger partial charge in [0, 0.05) is 93.7 Å². The molecule has 5 aromatic carbocycles. The van der Waals surface area contributed by atoms with Crippen molar-refractivity contribution in [2.24, 2.45) is 0 Å². The summed E-state index contributed by atoms with van der Waals surface area (Å²) >= 11 is 0. The summed E-state index contributed by atoms with van der Waals surface area (Å²) in [5.74, 6) is -11.3. The number of carboxylic acids is 1. The lowest BCUT2D eigenvalue weighted by molar-refractivity contribution is -0.157. The molecule has 8 aliphatic rings. The first-order valence-corrected chi connectivity index (χ1v) is 35.3. The van der Waals surface area contributed by atoms with E-state index in [2.05, 4.69) is 44.1 Å². The second-order valence-electron chi connectivity index (χ2n) is 27.8. The second kappa shape index (κ2) is 37.6. The van der Waals surface area contributed by atoms with Crippen LogP contribution in [0.5, 0.6) is 0 Å². The fourth-order valence-corrected chi connectivity index (χ4v) is 14.3. The van der Waals surface area contributed by atoms with E-state index < -0.39 is 173 Å². The van der Waals surface area contributed by atoms with Crippen LogP contribution in [0.4, 0.5) is 89.7 Å². The third-order valence-electron chi connectivity index (χ3n) is 19.1. The summed E-state index contributed by atoms with van der Waals surface area (Å²) in [6.45, 7) is 9.03. The van der Waals surface area contributed by atoms with Crippen LogP contribution in [0.3, 0.4) is 0 Å². The fraction of sp³-hybridized carbons (Fsp3) is 0.442. The molecule has 5 aliphatic heterocycles. The Morgan fingerprint density at radius 2 is 0.914 bits per heavy atom. The van der Waals surface area contributed by atoms with Crippen LogP contribution in [0.1, 0.15) is 166 Å². The number of alkyl halides is 3. The molecule has 5 saturated heterocycles. The number of anilines is 3. The van der Waals surface area contributed by atoms with E-state index in [1.165, 1.54) is 62.4 Å². The molecule has 0 radical (unpaired) electrons. The molecule has 3 spiro atoms. The highest BCUT2D eigenvalue weighted by Crippen LogP contribution is 2.51. The number of carbonyl (C=O) groups is 13. The molecule has 0 bridgehead atoms. The Morgan fingerprint density at radius 3 is 1.25 bits per heavy atom. The maximum absolute atomic E-state index is 15.2. The van der Waals surface area contributed by atoms with Crippen LogP contribution in [0.25, 0.3) is 0 Å². The zero-order valence-corrected chi connectivity index (χ0v) is 62.7. The Morgan fingerprint density at radius 1 is 0.552 bits per heavy atom. The van der Waals surface area contributed by atoms with E-state index in [0.717, 1.165) is 48.7 Å². The summed E-state index contributed by atoms with van der Waals surface area (Å²) < 4.78 is 156. The molecule has 0 unspecified atom stereocenters. The number of urea groups is 3. The molecule has 5 aromatic rings. The minimum absolute atomic E-state index is 0. The number of halogens is 10. The second-order valence-corrected chi connectivity index (χ2v) is 27.8. The average molecular weight is 1650 g/mol. The maximum atomic E-state index is 15.2. The predicted molar refractivity (Wildman–Crippen MR) is 394 cm³/mol. The number of likely N-dealkylation sites (tertiary alicyclic amines) is 1. The van der Waals surface area contributed by atoms with Crippen molar-refractivity contribution < 1.29 is 132 Å². The quantitative estimate of drug-likeness (QED) is 0.0263. The van der Waals surface area contributed by atoms with Crippen molar-refractivity contribution in [3.05, 3.63) is 158 Å². The lowest BCUT2D eigenvalue weighted by Gasteiger charge is -2.30. The van der Waals surface area contributed by atoms with E-state index in [1.807, 2.05) is 0 Å². The molecule has 0 aromatic heterocycles. The van der Waals surface area contributed by atoms with E-state index in [4.69, 9.17) is 30.2 Å². The highest BCUT2D eigenvalue weighted by Gasteiger charge is 2.63. The molecule has 5 fully saturated rings. The van der Waals surface area contributed by atoms with Gasteiger partial charge < -0.3 is 66.2 Å². The van der Waals surface area contributed by atoms with Crippen molar-refractivity contribution in [2.75, 3.05) is 56.7 Å². The van der Waals surface area contributed by atoms with Crippen LogP contribution in [0, 0.1) is 40.7 Å². The summed E-state index contributed by atoms with van der Waals surface area (Å²) in [6, 6.07) is 13.4. The first-order chi connectivity index (χ1) is 53.9. The van der Waals surface area contributed by atoms with Gasteiger partial charge in [0.15, 0.2) is 23.3 Å². The highest BCUT2D eigenvalue weighted by molar-refractivity contribution is 6.08. The van der Waals surface area contributed by atoms with E-state index in [0.29, 0.717) is 62.7 Å². The van der Waals surface area contributed by atoms with E-state index in [1.54, 1.807) is 40.7 Å². The van der Waals surface area contributed by atoms with Gasteiger partial charge in [0.05, 0.1) is 6.04 Å². The molecular formula is C77H89F10N11O18. The number of rotatable bonds is 11. The lowest BCUT2D eigenvalue weighted by atomic mass is 9.94. The van der Waals surface area contributed by atoms with Crippen molar-refractivity contribution in [1.29, 1.82) is 0 Å². The van der Waals surface area contributed by atoms with Gasteiger partial charge in [-0.05, 0) is 168 Å². The highest BCUT2D eigenvalue weighted by atomic mass is 19.4. The number of carbonyl (C=O) groups excluding carboxylic acids is 12. The number of amides is 13. The molecule has 3 aliphatic carbocycles. The normalized spacial score (nSPS) is 21.6. The monoisotopic (exact) mass is 1650 g/mol. The van der Waals surface area contributed by atoms with Crippen molar-refractivity contribution in [1.82, 2.24) is 40.9 Å². The van der Waals surface area contributed by atoms with Gasteiger partial charge in [-0.1, -0.05) is 40.8 Å². The number of fused-ring (bicyclic) bond motifs is 6. The summed E-state index contributed by atoms with van der Waals surface area (Å²) in [5.41, 5.74) is -3.54.